The van der Waals surface area contributed by atoms with E-state index in [0.29, 0.717) is 5.69 Å². The molecule has 17 heteroatoms. The molecule has 1 aromatic heterocycles. The minimum atomic E-state index is -1.79. The molecule has 37 heavy (non-hydrogen) atoms. The van der Waals surface area contributed by atoms with Gasteiger partial charge in [0, 0.05) is 18.3 Å². The SMILES string of the molecule is C[C@H](NC(=O)[C@@H](N)[C@@H](C)O)C(=O)N[C@@H](CO)C(=O)N[C@@H](Cc1cnc[nH]1)C(=O)N[C@@H](CC(=O)O)C(=O)O. The summed E-state index contributed by atoms with van der Waals surface area (Å²) in [6.07, 6.45) is 0.259. The molecule has 4 amide bonds. The number of hydrogen-bond donors (Lipinski definition) is 10. The lowest BCUT2D eigenvalue weighted by molar-refractivity contribution is -0.147. The number of aromatic nitrogens is 2. The third-order valence-electron chi connectivity index (χ3n) is 5.00. The Morgan fingerprint density at radius 2 is 1.49 bits per heavy atom. The van der Waals surface area contributed by atoms with Gasteiger partial charge in [0.15, 0.2) is 0 Å². The zero-order valence-electron chi connectivity index (χ0n) is 20.0. The van der Waals surface area contributed by atoms with Crippen LogP contribution in [0.1, 0.15) is 26.0 Å². The second-order valence-electron chi connectivity index (χ2n) is 8.08. The summed E-state index contributed by atoms with van der Waals surface area (Å²) in [5.74, 6) is -6.93. The summed E-state index contributed by atoms with van der Waals surface area (Å²) in [6.45, 7) is 1.62. The summed E-state index contributed by atoms with van der Waals surface area (Å²) in [5, 5.41) is 45.8. The van der Waals surface area contributed by atoms with E-state index in [1.165, 1.54) is 26.4 Å². The zero-order chi connectivity index (χ0) is 28.3. The molecule has 0 spiro atoms. The summed E-state index contributed by atoms with van der Waals surface area (Å²) in [4.78, 5) is 78.5. The van der Waals surface area contributed by atoms with Gasteiger partial charge in [-0.2, -0.15) is 0 Å². The topological polar surface area (TPSA) is 286 Å². The Labute approximate surface area is 210 Å². The van der Waals surface area contributed by atoms with Crippen LogP contribution in [0, 0.1) is 0 Å². The van der Waals surface area contributed by atoms with Gasteiger partial charge in [-0.1, -0.05) is 0 Å². The van der Waals surface area contributed by atoms with Crippen LogP contribution in [-0.4, -0.2) is 109 Å². The predicted octanol–water partition coefficient (Wildman–Crippen LogP) is -4.83. The number of nitrogens with one attached hydrogen (secondary N) is 5. The number of aromatic amines is 1. The van der Waals surface area contributed by atoms with Gasteiger partial charge in [0.25, 0.3) is 0 Å². The van der Waals surface area contributed by atoms with Crippen LogP contribution in [0.15, 0.2) is 12.5 Å². The fraction of sp³-hybridized carbons (Fsp3) is 0.550. The number of carboxylic acid groups (broad SMARTS) is 2. The first-order chi connectivity index (χ1) is 17.3. The molecule has 0 saturated carbocycles. The Hall–Kier alpha value is -4.09. The average Bonchev–Trinajstić information content (AvgIpc) is 3.33. The van der Waals surface area contributed by atoms with Gasteiger partial charge in [0.1, 0.15) is 30.2 Å². The van der Waals surface area contributed by atoms with E-state index >= 15 is 0 Å². The molecule has 0 unspecified atom stereocenters. The lowest BCUT2D eigenvalue weighted by Crippen LogP contribution is -2.59. The molecule has 11 N–H and O–H groups in total. The maximum absolute atomic E-state index is 12.8. The molecular formula is C20H31N7O10. The first-order valence-electron chi connectivity index (χ1n) is 10.9. The minimum absolute atomic E-state index is 0.229. The van der Waals surface area contributed by atoms with E-state index in [0.717, 1.165) is 0 Å². The van der Waals surface area contributed by atoms with Gasteiger partial charge >= 0.3 is 11.9 Å². The van der Waals surface area contributed by atoms with E-state index in [2.05, 4.69) is 25.9 Å². The summed E-state index contributed by atoms with van der Waals surface area (Å²) in [7, 11) is 0. The van der Waals surface area contributed by atoms with Gasteiger partial charge < -0.3 is 52.4 Å². The van der Waals surface area contributed by atoms with Crippen LogP contribution in [0.3, 0.4) is 0 Å². The number of aliphatic carboxylic acids is 2. The molecule has 1 rings (SSSR count). The summed E-state index contributed by atoms with van der Waals surface area (Å²) < 4.78 is 0. The molecule has 206 valence electrons. The molecular weight excluding hydrogens is 498 g/mol. The fourth-order valence-corrected chi connectivity index (χ4v) is 2.83. The van der Waals surface area contributed by atoms with Crippen molar-refractivity contribution >= 4 is 35.6 Å². The number of amides is 4. The van der Waals surface area contributed by atoms with Crippen molar-refractivity contribution in [2.24, 2.45) is 5.73 Å². The number of nitrogens with two attached hydrogens (primary N) is 1. The number of H-pyrrole nitrogens is 1. The summed E-state index contributed by atoms with van der Waals surface area (Å²) >= 11 is 0. The maximum atomic E-state index is 12.8. The van der Waals surface area contributed by atoms with Crippen LogP contribution in [0.2, 0.25) is 0 Å². The number of aliphatic hydroxyl groups is 2. The standard InChI is InChI=1S/C20H31N7O10/c1-8(24-19(35)15(21)9(2)29)16(32)27-13(6-28)18(34)25-11(3-10-5-22-7-23-10)17(33)26-12(20(36)37)4-14(30)31/h5,7-9,11-13,15,28-29H,3-4,6,21H2,1-2H3,(H,22,23)(H,24,35)(H,25,34)(H,26,33)(H,27,32)(H,30,31)(H,36,37)/t8-,9+,11-,12-,13-,15-/m0/s1. The third kappa shape index (κ3) is 10.2. The van der Waals surface area contributed by atoms with Crippen molar-refractivity contribution in [3.63, 3.8) is 0 Å². The number of aliphatic hydroxyl groups excluding tert-OH is 2. The van der Waals surface area contributed by atoms with Gasteiger partial charge in [-0.15, -0.1) is 0 Å². The fourth-order valence-electron chi connectivity index (χ4n) is 2.83. The van der Waals surface area contributed by atoms with Gasteiger partial charge in [-0.25, -0.2) is 9.78 Å². The highest BCUT2D eigenvalue weighted by Gasteiger charge is 2.32. The highest BCUT2D eigenvalue weighted by atomic mass is 16.4. The van der Waals surface area contributed by atoms with Gasteiger partial charge in [-0.3, -0.25) is 24.0 Å². The van der Waals surface area contributed by atoms with E-state index in [-0.39, 0.29) is 6.42 Å². The molecule has 0 fully saturated rings. The van der Waals surface area contributed by atoms with E-state index in [1.54, 1.807) is 0 Å². The van der Waals surface area contributed by atoms with E-state index in [4.69, 9.17) is 10.8 Å². The normalized spacial score (nSPS) is 15.7. The van der Waals surface area contributed by atoms with Crippen LogP contribution in [0.4, 0.5) is 0 Å². The van der Waals surface area contributed by atoms with E-state index < -0.39 is 84.9 Å². The molecule has 6 atom stereocenters. The molecule has 0 aliphatic heterocycles. The Morgan fingerprint density at radius 1 is 0.919 bits per heavy atom. The molecule has 0 aliphatic carbocycles. The summed E-state index contributed by atoms with van der Waals surface area (Å²) in [6, 6.07) is -7.39. The molecule has 1 aromatic rings. The molecule has 17 nitrogen and oxygen atoms in total. The van der Waals surface area contributed by atoms with Crippen molar-refractivity contribution < 1.29 is 49.2 Å². The molecule has 0 aliphatic rings. The van der Waals surface area contributed by atoms with Crippen LogP contribution < -0.4 is 27.0 Å². The Morgan fingerprint density at radius 3 is 1.97 bits per heavy atom. The predicted molar refractivity (Wildman–Crippen MR) is 122 cm³/mol. The number of rotatable bonds is 15. The van der Waals surface area contributed by atoms with Crippen LogP contribution in [0.25, 0.3) is 0 Å². The molecule has 0 saturated heterocycles. The minimum Gasteiger partial charge on any atom is -0.481 e. The Balaban J connectivity index is 2.94. The number of carboxylic acids is 2. The number of hydrogen-bond acceptors (Lipinski definition) is 10. The molecule has 0 bridgehead atoms. The van der Waals surface area contributed by atoms with Crippen LogP contribution in [0.5, 0.6) is 0 Å². The zero-order valence-corrected chi connectivity index (χ0v) is 20.0. The van der Waals surface area contributed by atoms with Crippen LogP contribution in [-0.2, 0) is 35.2 Å². The number of carbonyl (C=O) groups is 6. The molecule has 1 heterocycles. The van der Waals surface area contributed by atoms with Crippen molar-refractivity contribution in [3.05, 3.63) is 18.2 Å². The van der Waals surface area contributed by atoms with Crippen molar-refractivity contribution in [2.75, 3.05) is 6.61 Å². The van der Waals surface area contributed by atoms with E-state index in [9.17, 15) is 44.1 Å². The Bertz CT molecular complexity index is 969. The maximum Gasteiger partial charge on any atom is 0.326 e. The highest BCUT2D eigenvalue weighted by Crippen LogP contribution is 2.03. The van der Waals surface area contributed by atoms with Crippen LogP contribution >= 0.6 is 0 Å². The lowest BCUT2D eigenvalue weighted by Gasteiger charge is -2.24. The van der Waals surface area contributed by atoms with Crippen molar-refractivity contribution in [2.45, 2.75) is 63.0 Å². The van der Waals surface area contributed by atoms with Crippen molar-refractivity contribution in [1.29, 1.82) is 0 Å². The first-order valence-corrected chi connectivity index (χ1v) is 10.9. The molecule has 0 aromatic carbocycles. The largest absolute Gasteiger partial charge is 0.481 e. The third-order valence-corrected chi connectivity index (χ3v) is 5.00. The molecule has 0 radical (unpaired) electrons. The second-order valence-corrected chi connectivity index (χ2v) is 8.08. The second kappa shape index (κ2) is 14.5. The Kier molecular flexibility index (Phi) is 12.1. The highest BCUT2D eigenvalue weighted by molar-refractivity contribution is 5.95. The smallest absolute Gasteiger partial charge is 0.326 e. The van der Waals surface area contributed by atoms with Gasteiger partial charge in [0.2, 0.25) is 23.6 Å². The number of carbonyl (C=O) groups excluding carboxylic acids is 4. The van der Waals surface area contributed by atoms with Crippen molar-refractivity contribution in [1.82, 2.24) is 31.2 Å². The van der Waals surface area contributed by atoms with Gasteiger partial charge in [0.05, 0.1) is 25.5 Å². The quantitative estimate of drug-likeness (QED) is 0.102. The van der Waals surface area contributed by atoms with Crippen molar-refractivity contribution in [3.8, 4) is 0 Å². The number of nitrogens with zero attached hydrogens (tertiary/aromatic N) is 1. The van der Waals surface area contributed by atoms with Gasteiger partial charge in [-0.05, 0) is 13.8 Å². The van der Waals surface area contributed by atoms with E-state index in [1.807, 2.05) is 5.32 Å². The lowest BCUT2D eigenvalue weighted by atomic mass is 10.1. The summed E-state index contributed by atoms with van der Waals surface area (Å²) in [5.41, 5.74) is 5.84. The first kappa shape index (κ1) is 30.9. The average molecular weight is 530 g/mol. The number of imidazole rings is 1. The monoisotopic (exact) mass is 529 g/mol.